The third-order valence-electron chi connectivity index (χ3n) is 4.86. The van der Waals surface area contributed by atoms with Gasteiger partial charge in [0.1, 0.15) is 0 Å². The normalized spacial score (nSPS) is 22.7. The second-order valence-electron chi connectivity index (χ2n) is 6.74. The third-order valence-corrected chi connectivity index (χ3v) is 6.48. The first-order chi connectivity index (χ1) is 11.9. The summed E-state index contributed by atoms with van der Waals surface area (Å²) in [5, 5.41) is 13.9. The minimum absolute atomic E-state index is 0.105. The first-order valence-corrected chi connectivity index (χ1v) is 9.86. The van der Waals surface area contributed by atoms with Crippen LogP contribution < -0.4 is 5.32 Å². The number of thioether (sulfide) groups is 1. The Hall–Kier alpha value is -0.790. The van der Waals surface area contributed by atoms with Crippen LogP contribution in [0.25, 0.3) is 0 Å². The number of halogens is 1. The lowest BCUT2D eigenvalue weighted by molar-refractivity contribution is -0.201. The maximum absolute atomic E-state index is 12.4. The summed E-state index contributed by atoms with van der Waals surface area (Å²) in [6.45, 7) is 3.32. The van der Waals surface area contributed by atoms with Crippen molar-refractivity contribution >= 4 is 29.3 Å². The molecule has 2 N–H and O–H groups in total. The second kappa shape index (κ2) is 7.84. The van der Waals surface area contributed by atoms with Gasteiger partial charge in [-0.2, -0.15) is 0 Å². The standard InChI is InChI=1S/C18H24ClNO4S/c1-13(25-15-5-3-2-4-14(15)19)16(21)20-12-17(22)6-8-18(9-7-17)23-10-11-24-18/h2-5,13,22H,6-12H2,1H3,(H,20,21)/t13-/m0/s1. The van der Waals surface area contributed by atoms with E-state index in [-0.39, 0.29) is 17.7 Å². The summed E-state index contributed by atoms with van der Waals surface area (Å²) in [6, 6.07) is 7.46. The number of nitrogens with one attached hydrogen (secondary N) is 1. The van der Waals surface area contributed by atoms with Gasteiger partial charge in [0.25, 0.3) is 0 Å². The van der Waals surface area contributed by atoms with Crippen molar-refractivity contribution in [1.29, 1.82) is 0 Å². The average Bonchev–Trinajstić information content (AvgIpc) is 3.07. The predicted octanol–water partition coefficient (Wildman–Crippen LogP) is 2.99. The van der Waals surface area contributed by atoms with Gasteiger partial charge in [-0.1, -0.05) is 23.7 Å². The van der Waals surface area contributed by atoms with Crippen LogP contribution in [0.3, 0.4) is 0 Å². The SMILES string of the molecule is C[C@H](Sc1ccccc1Cl)C(=O)NCC1(O)CCC2(CC1)OCCO2. The minimum Gasteiger partial charge on any atom is -0.388 e. The molecule has 2 aliphatic rings. The van der Waals surface area contributed by atoms with E-state index in [9.17, 15) is 9.90 Å². The number of rotatable bonds is 5. The van der Waals surface area contributed by atoms with E-state index in [0.29, 0.717) is 43.9 Å². The van der Waals surface area contributed by atoms with Crippen LogP contribution in [0.5, 0.6) is 0 Å². The van der Waals surface area contributed by atoms with Gasteiger partial charge in [0.2, 0.25) is 5.91 Å². The Balaban J connectivity index is 1.47. The maximum atomic E-state index is 12.4. The van der Waals surface area contributed by atoms with Crippen LogP contribution in [0.1, 0.15) is 32.6 Å². The first kappa shape index (κ1) is 19.0. The molecular formula is C18H24ClNO4S. The van der Waals surface area contributed by atoms with Gasteiger partial charge in [0.15, 0.2) is 5.79 Å². The zero-order valence-electron chi connectivity index (χ0n) is 14.3. The Morgan fingerprint density at radius 3 is 2.56 bits per heavy atom. The highest BCUT2D eigenvalue weighted by atomic mass is 35.5. The molecule has 138 valence electrons. The van der Waals surface area contributed by atoms with E-state index in [2.05, 4.69) is 5.32 Å². The zero-order chi connectivity index (χ0) is 17.9. The Labute approximate surface area is 157 Å². The molecule has 0 radical (unpaired) electrons. The molecule has 3 rings (SSSR count). The second-order valence-corrected chi connectivity index (χ2v) is 8.53. The van der Waals surface area contributed by atoms with Crippen molar-refractivity contribution in [2.24, 2.45) is 0 Å². The molecule has 1 atom stereocenters. The smallest absolute Gasteiger partial charge is 0.233 e. The molecule has 1 amide bonds. The Morgan fingerprint density at radius 2 is 1.92 bits per heavy atom. The lowest BCUT2D eigenvalue weighted by Gasteiger charge is -2.40. The number of aliphatic hydroxyl groups is 1. The van der Waals surface area contributed by atoms with Crippen LogP contribution in [-0.2, 0) is 14.3 Å². The van der Waals surface area contributed by atoms with Gasteiger partial charge < -0.3 is 19.9 Å². The Bertz CT molecular complexity index is 611. The molecule has 2 fully saturated rings. The number of ether oxygens (including phenoxy) is 2. The van der Waals surface area contributed by atoms with Gasteiger partial charge in [-0.05, 0) is 31.9 Å². The predicted molar refractivity (Wildman–Crippen MR) is 97.8 cm³/mol. The number of carbonyl (C=O) groups excluding carboxylic acids is 1. The van der Waals surface area contributed by atoms with Crippen molar-refractivity contribution in [3.05, 3.63) is 29.3 Å². The van der Waals surface area contributed by atoms with Crippen molar-refractivity contribution < 1.29 is 19.4 Å². The van der Waals surface area contributed by atoms with Crippen molar-refractivity contribution in [2.45, 2.75) is 54.1 Å². The Kier molecular flexibility index (Phi) is 5.96. The Morgan fingerprint density at radius 1 is 1.28 bits per heavy atom. The van der Waals surface area contributed by atoms with Gasteiger partial charge in [0.05, 0.1) is 29.1 Å². The van der Waals surface area contributed by atoms with E-state index in [1.807, 2.05) is 31.2 Å². The molecule has 0 aromatic heterocycles. The van der Waals surface area contributed by atoms with Gasteiger partial charge in [-0.25, -0.2) is 0 Å². The summed E-state index contributed by atoms with van der Waals surface area (Å²) in [5.41, 5.74) is -0.898. The van der Waals surface area contributed by atoms with E-state index in [0.717, 1.165) is 4.90 Å². The zero-order valence-corrected chi connectivity index (χ0v) is 15.9. The van der Waals surface area contributed by atoms with E-state index >= 15 is 0 Å². The monoisotopic (exact) mass is 385 g/mol. The van der Waals surface area contributed by atoms with Crippen LogP contribution in [0.15, 0.2) is 29.2 Å². The highest BCUT2D eigenvalue weighted by molar-refractivity contribution is 8.00. The summed E-state index contributed by atoms with van der Waals surface area (Å²) >= 11 is 7.55. The molecule has 1 saturated heterocycles. The fourth-order valence-electron chi connectivity index (χ4n) is 3.24. The van der Waals surface area contributed by atoms with Crippen molar-refractivity contribution in [2.75, 3.05) is 19.8 Å². The molecule has 5 nitrogen and oxygen atoms in total. The molecule has 1 aliphatic heterocycles. The van der Waals surface area contributed by atoms with E-state index in [4.69, 9.17) is 21.1 Å². The fraction of sp³-hybridized carbons (Fsp3) is 0.611. The number of hydrogen-bond acceptors (Lipinski definition) is 5. The number of hydrogen-bond donors (Lipinski definition) is 2. The fourth-order valence-corrected chi connectivity index (χ4v) is 4.42. The number of benzene rings is 1. The molecule has 1 aromatic carbocycles. The lowest BCUT2D eigenvalue weighted by atomic mass is 9.81. The third kappa shape index (κ3) is 4.68. The molecule has 7 heteroatoms. The van der Waals surface area contributed by atoms with E-state index < -0.39 is 11.4 Å². The highest BCUT2D eigenvalue weighted by Crippen LogP contribution is 2.40. The summed E-state index contributed by atoms with van der Waals surface area (Å²) in [5.74, 6) is -0.615. The molecule has 1 aromatic rings. The van der Waals surface area contributed by atoms with Crippen LogP contribution in [0.2, 0.25) is 5.02 Å². The minimum atomic E-state index is -0.898. The number of carbonyl (C=O) groups is 1. The van der Waals surface area contributed by atoms with Crippen LogP contribution in [0, 0.1) is 0 Å². The highest BCUT2D eigenvalue weighted by Gasteiger charge is 2.45. The van der Waals surface area contributed by atoms with Gasteiger partial charge >= 0.3 is 0 Å². The molecule has 1 spiro atoms. The van der Waals surface area contributed by atoms with Crippen LogP contribution in [0.4, 0.5) is 0 Å². The summed E-state index contributed by atoms with van der Waals surface area (Å²) < 4.78 is 11.4. The van der Waals surface area contributed by atoms with Crippen molar-refractivity contribution in [3.63, 3.8) is 0 Å². The molecule has 1 aliphatic carbocycles. The first-order valence-electron chi connectivity index (χ1n) is 8.61. The van der Waals surface area contributed by atoms with Crippen LogP contribution in [-0.4, -0.2) is 47.4 Å². The van der Waals surface area contributed by atoms with E-state index in [1.54, 1.807) is 0 Å². The number of amides is 1. The van der Waals surface area contributed by atoms with Crippen molar-refractivity contribution in [1.82, 2.24) is 5.32 Å². The van der Waals surface area contributed by atoms with Crippen molar-refractivity contribution in [3.8, 4) is 0 Å². The molecule has 1 heterocycles. The summed E-state index contributed by atoms with van der Waals surface area (Å²) in [4.78, 5) is 13.2. The topological polar surface area (TPSA) is 67.8 Å². The van der Waals surface area contributed by atoms with Crippen LogP contribution >= 0.6 is 23.4 Å². The van der Waals surface area contributed by atoms with E-state index in [1.165, 1.54) is 11.8 Å². The summed E-state index contributed by atoms with van der Waals surface area (Å²) in [7, 11) is 0. The molecule has 0 unspecified atom stereocenters. The van der Waals surface area contributed by atoms with Gasteiger partial charge in [0, 0.05) is 24.3 Å². The lowest BCUT2D eigenvalue weighted by Crippen LogP contribution is -2.50. The maximum Gasteiger partial charge on any atom is 0.233 e. The molecule has 1 saturated carbocycles. The molecule has 0 bridgehead atoms. The molecule has 25 heavy (non-hydrogen) atoms. The largest absolute Gasteiger partial charge is 0.388 e. The quantitative estimate of drug-likeness (QED) is 0.762. The molecular weight excluding hydrogens is 362 g/mol. The van der Waals surface area contributed by atoms with Gasteiger partial charge in [-0.3, -0.25) is 4.79 Å². The van der Waals surface area contributed by atoms with Gasteiger partial charge in [-0.15, -0.1) is 11.8 Å². The summed E-state index contributed by atoms with van der Waals surface area (Å²) in [6.07, 6.45) is 2.42. The average molecular weight is 386 g/mol.